The fourth-order valence-electron chi connectivity index (χ4n) is 3.54. The van der Waals surface area contributed by atoms with E-state index in [1.165, 1.54) is 17.7 Å². The summed E-state index contributed by atoms with van der Waals surface area (Å²) in [6.07, 6.45) is 2.95. The SMILES string of the molecule is CN=C(NCCC(=O)NCc1ccccc1)NCC(c1cccs1)N1CCCC1.I. The summed E-state index contributed by atoms with van der Waals surface area (Å²) in [6, 6.07) is 14.6. The molecule has 1 aliphatic rings. The molecule has 1 aliphatic heterocycles. The Morgan fingerprint density at radius 2 is 1.87 bits per heavy atom. The summed E-state index contributed by atoms with van der Waals surface area (Å²) >= 11 is 1.81. The largest absolute Gasteiger partial charge is 0.356 e. The average molecular weight is 542 g/mol. The van der Waals surface area contributed by atoms with Crippen LogP contribution in [0.4, 0.5) is 0 Å². The molecule has 30 heavy (non-hydrogen) atoms. The van der Waals surface area contributed by atoms with E-state index in [0.29, 0.717) is 25.6 Å². The molecule has 0 aliphatic carbocycles. The van der Waals surface area contributed by atoms with Crippen molar-refractivity contribution in [3.8, 4) is 0 Å². The Kier molecular flexibility index (Phi) is 11.2. The van der Waals surface area contributed by atoms with Crippen molar-refractivity contribution < 1.29 is 4.79 Å². The van der Waals surface area contributed by atoms with Gasteiger partial charge in [0, 0.05) is 38.0 Å². The zero-order valence-electron chi connectivity index (χ0n) is 17.5. The molecule has 1 saturated heterocycles. The van der Waals surface area contributed by atoms with Gasteiger partial charge < -0.3 is 16.0 Å². The van der Waals surface area contributed by atoms with Gasteiger partial charge in [0.25, 0.3) is 0 Å². The number of likely N-dealkylation sites (tertiary alicyclic amines) is 1. The fourth-order valence-corrected chi connectivity index (χ4v) is 4.40. The van der Waals surface area contributed by atoms with Crippen LogP contribution in [0.15, 0.2) is 52.8 Å². The molecule has 3 N–H and O–H groups in total. The highest BCUT2D eigenvalue weighted by molar-refractivity contribution is 14.0. The van der Waals surface area contributed by atoms with Gasteiger partial charge in [-0.25, -0.2) is 0 Å². The van der Waals surface area contributed by atoms with Crippen LogP contribution >= 0.6 is 35.3 Å². The second-order valence-corrected chi connectivity index (χ2v) is 8.15. The van der Waals surface area contributed by atoms with Crippen LogP contribution in [0.1, 0.15) is 35.7 Å². The molecule has 8 heteroatoms. The molecule has 1 unspecified atom stereocenters. The predicted octanol–water partition coefficient (Wildman–Crippen LogP) is 3.37. The van der Waals surface area contributed by atoms with E-state index in [9.17, 15) is 4.79 Å². The van der Waals surface area contributed by atoms with Crippen molar-refractivity contribution in [1.82, 2.24) is 20.9 Å². The molecule has 2 aromatic rings. The fraction of sp³-hybridized carbons (Fsp3) is 0.455. The molecule has 3 rings (SSSR count). The van der Waals surface area contributed by atoms with Gasteiger partial charge in [-0.2, -0.15) is 0 Å². The Bertz CT molecular complexity index is 763. The van der Waals surface area contributed by atoms with Crippen molar-refractivity contribution >= 4 is 47.2 Å². The first-order valence-corrected chi connectivity index (χ1v) is 11.2. The van der Waals surface area contributed by atoms with Gasteiger partial charge in [0.2, 0.25) is 5.91 Å². The maximum absolute atomic E-state index is 12.1. The lowest BCUT2D eigenvalue weighted by Gasteiger charge is -2.27. The van der Waals surface area contributed by atoms with E-state index in [2.05, 4.69) is 43.4 Å². The van der Waals surface area contributed by atoms with Gasteiger partial charge in [-0.05, 0) is 42.9 Å². The number of amides is 1. The molecule has 1 atom stereocenters. The second kappa shape index (κ2) is 13.6. The number of nitrogens with one attached hydrogen (secondary N) is 3. The zero-order valence-corrected chi connectivity index (χ0v) is 20.6. The molecular weight excluding hydrogens is 509 g/mol. The first kappa shape index (κ1) is 24.6. The van der Waals surface area contributed by atoms with E-state index in [1.807, 2.05) is 41.7 Å². The third-order valence-electron chi connectivity index (χ3n) is 5.12. The Labute approximate surface area is 200 Å². The molecule has 0 bridgehead atoms. The van der Waals surface area contributed by atoms with Gasteiger partial charge in [-0.3, -0.25) is 14.7 Å². The Balaban J connectivity index is 0.00000320. The summed E-state index contributed by atoms with van der Waals surface area (Å²) in [5, 5.41) is 11.8. The number of benzene rings is 1. The van der Waals surface area contributed by atoms with Gasteiger partial charge in [0.15, 0.2) is 5.96 Å². The summed E-state index contributed by atoms with van der Waals surface area (Å²) in [5.74, 6) is 0.770. The first-order chi connectivity index (χ1) is 14.3. The number of carbonyl (C=O) groups excluding carboxylic acids is 1. The van der Waals surface area contributed by atoms with E-state index < -0.39 is 0 Å². The minimum Gasteiger partial charge on any atom is -0.356 e. The molecule has 1 aromatic carbocycles. The van der Waals surface area contributed by atoms with Gasteiger partial charge in [0.1, 0.15) is 0 Å². The summed E-state index contributed by atoms with van der Waals surface area (Å²) < 4.78 is 0. The number of nitrogens with zero attached hydrogens (tertiary/aromatic N) is 2. The number of aliphatic imine (C=N–C) groups is 1. The maximum atomic E-state index is 12.1. The number of hydrogen-bond acceptors (Lipinski definition) is 4. The van der Waals surface area contributed by atoms with Gasteiger partial charge >= 0.3 is 0 Å². The van der Waals surface area contributed by atoms with E-state index in [1.54, 1.807) is 7.05 Å². The average Bonchev–Trinajstić information content (AvgIpc) is 3.47. The summed E-state index contributed by atoms with van der Waals surface area (Å²) in [5.41, 5.74) is 1.10. The predicted molar refractivity (Wildman–Crippen MR) is 136 cm³/mol. The molecule has 6 nitrogen and oxygen atoms in total. The Morgan fingerprint density at radius 1 is 1.10 bits per heavy atom. The van der Waals surface area contributed by atoms with Crippen molar-refractivity contribution in [2.24, 2.45) is 4.99 Å². The molecule has 0 spiro atoms. The van der Waals surface area contributed by atoms with Crippen LogP contribution < -0.4 is 16.0 Å². The molecule has 2 heterocycles. The molecule has 1 fully saturated rings. The number of carbonyl (C=O) groups is 1. The molecular formula is C22H32IN5OS. The van der Waals surface area contributed by atoms with Crippen LogP contribution in [0.5, 0.6) is 0 Å². The monoisotopic (exact) mass is 541 g/mol. The van der Waals surface area contributed by atoms with Crippen molar-refractivity contribution in [2.75, 3.05) is 33.2 Å². The Morgan fingerprint density at radius 3 is 2.53 bits per heavy atom. The van der Waals surface area contributed by atoms with E-state index >= 15 is 0 Å². The molecule has 1 amide bonds. The van der Waals surface area contributed by atoms with Crippen LogP contribution in [-0.4, -0.2) is 50.0 Å². The van der Waals surface area contributed by atoms with Gasteiger partial charge in [-0.1, -0.05) is 36.4 Å². The number of hydrogen-bond donors (Lipinski definition) is 3. The molecule has 164 valence electrons. The molecule has 1 aromatic heterocycles. The zero-order chi connectivity index (χ0) is 20.3. The van der Waals surface area contributed by atoms with Crippen LogP contribution in [0.3, 0.4) is 0 Å². The highest BCUT2D eigenvalue weighted by Crippen LogP contribution is 2.27. The normalized spacial score (nSPS) is 15.3. The van der Waals surface area contributed by atoms with E-state index in [0.717, 1.165) is 31.2 Å². The standard InChI is InChI=1S/C22H31N5OS.HI/c1-23-22(24-12-11-21(28)25-16-18-8-3-2-4-9-18)26-17-19(20-10-7-15-29-20)27-13-5-6-14-27;/h2-4,7-10,15,19H,5-6,11-14,16-17H2,1H3,(H,25,28)(H2,23,24,26);1H. The van der Waals surface area contributed by atoms with Crippen LogP contribution in [0.25, 0.3) is 0 Å². The topological polar surface area (TPSA) is 68.8 Å². The van der Waals surface area contributed by atoms with E-state index in [-0.39, 0.29) is 29.9 Å². The summed E-state index contributed by atoms with van der Waals surface area (Å²) in [6.45, 7) is 4.22. The lowest BCUT2D eigenvalue weighted by molar-refractivity contribution is -0.121. The lowest BCUT2D eigenvalue weighted by Crippen LogP contribution is -2.43. The lowest BCUT2D eigenvalue weighted by atomic mass is 10.2. The summed E-state index contributed by atoms with van der Waals surface area (Å²) in [4.78, 5) is 20.3. The van der Waals surface area contributed by atoms with Crippen molar-refractivity contribution in [3.05, 3.63) is 58.3 Å². The Hall–Kier alpha value is -1.65. The van der Waals surface area contributed by atoms with Crippen LogP contribution in [-0.2, 0) is 11.3 Å². The minimum absolute atomic E-state index is 0. The first-order valence-electron chi connectivity index (χ1n) is 10.3. The second-order valence-electron chi connectivity index (χ2n) is 7.17. The van der Waals surface area contributed by atoms with Crippen molar-refractivity contribution in [1.29, 1.82) is 0 Å². The number of rotatable bonds is 9. The maximum Gasteiger partial charge on any atom is 0.222 e. The summed E-state index contributed by atoms with van der Waals surface area (Å²) in [7, 11) is 1.76. The number of halogens is 1. The third kappa shape index (κ3) is 7.88. The minimum atomic E-state index is 0. The molecule has 0 saturated carbocycles. The van der Waals surface area contributed by atoms with Gasteiger partial charge in [0.05, 0.1) is 6.04 Å². The van der Waals surface area contributed by atoms with Crippen LogP contribution in [0, 0.1) is 0 Å². The molecule has 0 radical (unpaired) electrons. The van der Waals surface area contributed by atoms with Crippen molar-refractivity contribution in [2.45, 2.75) is 31.8 Å². The highest BCUT2D eigenvalue weighted by Gasteiger charge is 2.24. The van der Waals surface area contributed by atoms with Crippen LogP contribution in [0.2, 0.25) is 0 Å². The highest BCUT2D eigenvalue weighted by atomic mass is 127. The van der Waals surface area contributed by atoms with Crippen molar-refractivity contribution in [3.63, 3.8) is 0 Å². The quantitative estimate of drug-likeness (QED) is 0.259. The number of guanidine groups is 1. The third-order valence-corrected chi connectivity index (χ3v) is 6.09. The van der Waals surface area contributed by atoms with E-state index in [4.69, 9.17) is 0 Å². The van der Waals surface area contributed by atoms with Gasteiger partial charge in [-0.15, -0.1) is 35.3 Å². The smallest absolute Gasteiger partial charge is 0.222 e. The number of thiophene rings is 1.